The number of benzene rings is 3. The summed E-state index contributed by atoms with van der Waals surface area (Å²) in [6.07, 6.45) is 2.83. The second-order valence-electron chi connectivity index (χ2n) is 10.5. The van der Waals surface area contributed by atoms with Crippen molar-refractivity contribution >= 4 is 44.3 Å². The molecule has 9 nitrogen and oxygen atoms in total. The molecule has 0 atom stereocenters. The first kappa shape index (κ1) is 30.9. The van der Waals surface area contributed by atoms with Crippen LogP contribution in [-0.2, 0) is 16.4 Å². The summed E-state index contributed by atoms with van der Waals surface area (Å²) in [5.74, 6) is -0.942. The molecule has 0 fully saturated rings. The number of halogens is 1. The highest BCUT2D eigenvalue weighted by Gasteiger charge is 2.23. The fraction of sp³-hybridized carbons (Fsp3) is 0.212. The van der Waals surface area contributed by atoms with E-state index in [2.05, 4.69) is 15.0 Å². The number of ether oxygens (including phenoxy) is 1. The number of hydrogen-bond donors (Lipinski definition) is 3. The highest BCUT2D eigenvalue weighted by Crippen LogP contribution is 2.27. The van der Waals surface area contributed by atoms with Gasteiger partial charge in [-0.2, -0.15) is 0 Å². The zero-order chi connectivity index (χ0) is 31.3. The SMILES string of the molecule is Cc1cc(OCCCc2c(C(=O)NS(=O)(=O)CCNC(=O)c3cccn3-c3ccccc3)[nH]c3ccccc23)cc(C)c1Cl. The van der Waals surface area contributed by atoms with Crippen molar-refractivity contribution in [3.8, 4) is 11.4 Å². The summed E-state index contributed by atoms with van der Waals surface area (Å²) < 4.78 is 35.5. The van der Waals surface area contributed by atoms with Crippen LogP contribution < -0.4 is 14.8 Å². The summed E-state index contributed by atoms with van der Waals surface area (Å²) in [5, 5.41) is 4.18. The zero-order valence-electron chi connectivity index (χ0n) is 24.4. The van der Waals surface area contributed by atoms with Gasteiger partial charge in [0.2, 0.25) is 10.0 Å². The number of aromatic amines is 1. The smallest absolute Gasteiger partial charge is 0.281 e. The Bertz CT molecular complexity index is 1890. The van der Waals surface area contributed by atoms with Crippen LogP contribution in [0.25, 0.3) is 16.6 Å². The molecule has 0 aliphatic rings. The van der Waals surface area contributed by atoms with Gasteiger partial charge in [0.15, 0.2) is 0 Å². The predicted octanol–water partition coefficient (Wildman–Crippen LogP) is 5.73. The Labute approximate surface area is 261 Å². The van der Waals surface area contributed by atoms with E-state index in [1.807, 2.05) is 80.6 Å². The van der Waals surface area contributed by atoms with Gasteiger partial charge < -0.3 is 19.6 Å². The molecule has 0 aliphatic heterocycles. The topological polar surface area (TPSA) is 122 Å². The van der Waals surface area contributed by atoms with Crippen LogP contribution in [0.5, 0.6) is 5.75 Å². The number of amides is 2. The van der Waals surface area contributed by atoms with Gasteiger partial charge in [-0.3, -0.25) is 9.59 Å². The fourth-order valence-corrected chi connectivity index (χ4v) is 6.06. The number of carbonyl (C=O) groups excluding carboxylic acids is 2. The molecule has 0 aliphatic carbocycles. The Morgan fingerprint density at radius 3 is 2.39 bits per heavy atom. The first-order valence-corrected chi connectivity index (χ1v) is 16.2. The van der Waals surface area contributed by atoms with Crippen molar-refractivity contribution in [2.75, 3.05) is 18.9 Å². The molecule has 0 saturated carbocycles. The Balaban J connectivity index is 1.20. The first-order chi connectivity index (χ1) is 21.1. The van der Waals surface area contributed by atoms with Crippen LogP contribution in [0.1, 0.15) is 44.1 Å². The quantitative estimate of drug-likeness (QED) is 0.152. The van der Waals surface area contributed by atoms with Gasteiger partial charge in [0.25, 0.3) is 11.8 Å². The number of para-hydroxylation sites is 2. The molecule has 2 heterocycles. The lowest BCUT2D eigenvalue weighted by atomic mass is 10.1. The minimum Gasteiger partial charge on any atom is -0.494 e. The second kappa shape index (κ2) is 13.4. The molecule has 3 aromatic carbocycles. The zero-order valence-corrected chi connectivity index (χ0v) is 26.0. The molecule has 5 rings (SSSR count). The maximum absolute atomic E-state index is 13.2. The number of nitrogens with zero attached hydrogens (tertiary/aromatic N) is 1. The summed E-state index contributed by atoms with van der Waals surface area (Å²) in [5.41, 5.74) is 4.64. The van der Waals surface area contributed by atoms with Crippen LogP contribution in [0, 0.1) is 13.8 Å². The molecule has 0 spiro atoms. The van der Waals surface area contributed by atoms with E-state index in [9.17, 15) is 18.0 Å². The van der Waals surface area contributed by atoms with Crippen LogP contribution in [0.2, 0.25) is 5.02 Å². The third kappa shape index (κ3) is 7.15. The van der Waals surface area contributed by atoms with Gasteiger partial charge in [0.1, 0.15) is 17.1 Å². The average molecular weight is 633 g/mol. The van der Waals surface area contributed by atoms with Crippen molar-refractivity contribution < 1.29 is 22.7 Å². The van der Waals surface area contributed by atoms with Crippen LogP contribution in [0.4, 0.5) is 0 Å². The number of carbonyl (C=O) groups is 2. The van der Waals surface area contributed by atoms with Gasteiger partial charge in [0.05, 0.1) is 12.4 Å². The van der Waals surface area contributed by atoms with E-state index in [1.165, 1.54) is 0 Å². The molecule has 0 saturated heterocycles. The predicted molar refractivity (Wildman–Crippen MR) is 172 cm³/mol. The van der Waals surface area contributed by atoms with E-state index in [1.54, 1.807) is 22.9 Å². The monoisotopic (exact) mass is 632 g/mol. The van der Waals surface area contributed by atoms with E-state index in [0.29, 0.717) is 41.5 Å². The average Bonchev–Trinajstić information content (AvgIpc) is 3.64. The Kier molecular flexibility index (Phi) is 9.41. The molecule has 0 radical (unpaired) electrons. The van der Waals surface area contributed by atoms with Crippen LogP contribution in [0.3, 0.4) is 0 Å². The van der Waals surface area contributed by atoms with Crippen LogP contribution >= 0.6 is 11.6 Å². The molecule has 2 amide bonds. The lowest BCUT2D eigenvalue weighted by Gasteiger charge is -2.11. The van der Waals surface area contributed by atoms with Crippen molar-refractivity contribution in [1.82, 2.24) is 19.6 Å². The van der Waals surface area contributed by atoms with E-state index in [0.717, 1.165) is 27.7 Å². The number of nitrogens with one attached hydrogen (secondary N) is 3. The summed E-state index contributed by atoms with van der Waals surface area (Å²) in [6, 6.07) is 23.9. The minimum absolute atomic E-state index is 0.178. The maximum Gasteiger partial charge on any atom is 0.281 e. The van der Waals surface area contributed by atoms with Gasteiger partial charge in [0, 0.05) is 34.4 Å². The summed E-state index contributed by atoms with van der Waals surface area (Å²) in [7, 11) is -4.06. The largest absolute Gasteiger partial charge is 0.494 e. The van der Waals surface area contributed by atoms with E-state index in [-0.39, 0.29) is 12.2 Å². The number of aryl methyl sites for hydroxylation is 3. The molecule has 44 heavy (non-hydrogen) atoms. The lowest BCUT2D eigenvalue weighted by molar-refractivity contribution is 0.0948. The van der Waals surface area contributed by atoms with Crippen molar-refractivity contribution in [2.45, 2.75) is 26.7 Å². The van der Waals surface area contributed by atoms with Gasteiger partial charge in [-0.25, -0.2) is 13.1 Å². The molecule has 11 heteroatoms. The standard InChI is InChI=1S/C33H33ClN4O5S/c1-22-20-25(21-23(2)30(22)34)43-18-9-13-27-26-12-6-7-14-28(26)36-31(27)33(40)37-44(41,42)19-16-35-32(39)29-15-8-17-38(29)24-10-4-3-5-11-24/h3-8,10-12,14-15,17,20-21,36H,9,13,16,18-19H2,1-2H3,(H,35,39)(H,37,40). The molecule has 228 valence electrons. The molecule has 0 bridgehead atoms. The first-order valence-electron chi connectivity index (χ1n) is 14.2. The molecule has 2 aromatic heterocycles. The van der Waals surface area contributed by atoms with Gasteiger partial charge in [-0.15, -0.1) is 0 Å². The molecular formula is C33H33ClN4O5S. The Morgan fingerprint density at radius 1 is 0.932 bits per heavy atom. The fourth-order valence-electron chi connectivity index (χ4n) is 5.09. The number of sulfonamides is 1. The van der Waals surface area contributed by atoms with Crippen molar-refractivity contribution in [1.29, 1.82) is 0 Å². The summed E-state index contributed by atoms with van der Waals surface area (Å²) in [4.78, 5) is 29.1. The summed E-state index contributed by atoms with van der Waals surface area (Å²) in [6.45, 7) is 4.06. The normalized spacial score (nSPS) is 11.4. The number of rotatable bonds is 12. The van der Waals surface area contributed by atoms with E-state index in [4.69, 9.17) is 16.3 Å². The van der Waals surface area contributed by atoms with Gasteiger partial charge >= 0.3 is 0 Å². The molecule has 5 aromatic rings. The molecule has 0 unspecified atom stereocenters. The highest BCUT2D eigenvalue weighted by molar-refractivity contribution is 7.90. The molecular weight excluding hydrogens is 600 g/mol. The second-order valence-corrected chi connectivity index (χ2v) is 12.7. The summed E-state index contributed by atoms with van der Waals surface area (Å²) >= 11 is 6.26. The van der Waals surface area contributed by atoms with Gasteiger partial charge in [-0.1, -0.05) is 48.0 Å². The number of fused-ring (bicyclic) bond motifs is 1. The Morgan fingerprint density at radius 2 is 1.64 bits per heavy atom. The molecule has 3 N–H and O–H groups in total. The van der Waals surface area contributed by atoms with E-state index < -0.39 is 27.6 Å². The van der Waals surface area contributed by atoms with Crippen molar-refractivity contribution in [3.05, 3.63) is 118 Å². The van der Waals surface area contributed by atoms with Crippen LogP contribution in [-0.4, -0.2) is 48.7 Å². The number of H-pyrrole nitrogens is 1. The third-order valence-electron chi connectivity index (χ3n) is 7.21. The Hall–Kier alpha value is -4.54. The minimum atomic E-state index is -4.06. The van der Waals surface area contributed by atoms with Gasteiger partial charge in [-0.05, 0) is 85.8 Å². The number of hydrogen-bond acceptors (Lipinski definition) is 5. The lowest BCUT2D eigenvalue weighted by Crippen LogP contribution is -2.38. The van der Waals surface area contributed by atoms with E-state index >= 15 is 0 Å². The van der Waals surface area contributed by atoms with Crippen molar-refractivity contribution in [3.63, 3.8) is 0 Å². The number of aromatic nitrogens is 2. The van der Waals surface area contributed by atoms with Crippen LogP contribution in [0.15, 0.2) is 85.1 Å². The maximum atomic E-state index is 13.2. The third-order valence-corrected chi connectivity index (χ3v) is 9.04. The van der Waals surface area contributed by atoms with Crippen molar-refractivity contribution in [2.24, 2.45) is 0 Å². The highest BCUT2D eigenvalue weighted by atomic mass is 35.5.